The van der Waals surface area contributed by atoms with Crippen molar-refractivity contribution in [3.8, 4) is 11.5 Å². The van der Waals surface area contributed by atoms with Crippen molar-refractivity contribution < 1.29 is 9.47 Å². The number of aromatic nitrogens is 1. The molecule has 1 aromatic heterocycles. The first-order valence-electron chi connectivity index (χ1n) is 6.22. The van der Waals surface area contributed by atoms with E-state index in [0.717, 1.165) is 28.4 Å². The smallest absolute Gasteiger partial charge is 0.129 e. The van der Waals surface area contributed by atoms with Gasteiger partial charge in [-0.3, -0.25) is 0 Å². The fourth-order valence-corrected chi connectivity index (χ4v) is 2.10. The van der Waals surface area contributed by atoms with Gasteiger partial charge in [-0.2, -0.15) is 0 Å². The summed E-state index contributed by atoms with van der Waals surface area (Å²) in [5.41, 5.74) is 2.86. The van der Waals surface area contributed by atoms with E-state index in [9.17, 15) is 0 Å². The number of benzene rings is 1. The molecule has 0 amide bonds. The van der Waals surface area contributed by atoms with Gasteiger partial charge in [0.1, 0.15) is 16.7 Å². The monoisotopic (exact) mass is 292 g/mol. The lowest BCUT2D eigenvalue weighted by atomic mass is 10.2. The molecular weight excluding hydrogens is 276 g/mol. The maximum absolute atomic E-state index is 5.84. The molecule has 4 nitrogen and oxygen atoms in total. The second-order valence-electron chi connectivity index (χ2n) is 4.30. The zero-order chi connectivity index (χ0) is 14.5. The van der Waals surface area contributed by atoms with Crippen molar-refractivity contribution >= 4 is 17.3 Å². The molecule has 0 unspecified atom stereocenters. The van der Waals surface area contributed by atoms with E-state index in [1.54, 1.807) is 20.3 Å². The summed E-state index contributed by atoms with van der Waals surface area (Å²) < 4.78 is 10.6. The Morgan fingerprint density at radius 1 is 1.15 bits per heavy atom. The summed E-state index contributed by atoms with van der Waals surface area (Å²) in [5.74, 6) is 1.56. The predicted molar refractivity (Wildman–Crippen MR) is 80.9 cm³/mol. The summed E-state index contributed by atoms with van der Waals surface area (Å²) in [6.07, 6.45) is 0. The van der Waals surface area contributed by atoms with Gasteiger partial charge in [0, 0.05) is 18.2 Å². The summed E-state index contributed by atoms with van der Waals surface area (Å²) in [5, 5.41) is 3.82. The average molecular weight is 293 g/mol. The number of pyridine rings is 1. The van der Waals surface area contributed by atoms with Gasteiger partial charge in [0.05, 0.1) is 25.6 Å². The third kappa shape index (κ3) is 3.33. The molecule has 0 radical (unpaired) electrons. The average Bonchev–Trinajstić information content (AvgIpc) is 2.46. The molecular formula is C15H17ClN2O2. The SMILES string of the molecule is COc1ccc(CNc2ccc(Cl)nc2C)c(OC)c1. The zero-order valence-electron chi connectivity index (χ0n) is 11.7. The van der Waals surface area contributed by atoms with Crippen molar-refractivity contribution in [1.82, 2.24) is 4.98 Å². The molecule has 5 heteroatoms. The van der Waals surface area contributed by atoms with Gasteiger partial charge in [-0.05, 0) is 31.2 Å². The molecule has 0 aliphatic heterocycles. The summed E-state index contributed by atoms with van der Waals surface area (Å²) >= 11 is 5.84. The third-order valence-corrected chi connectivity index (χ3v) is 3.23. The molecule has 1 N–H and O–H groups in total. The lowest BCUT2D eigenvalue weighted by Gasteiger charge is -2.13. The Hall–Kier alpha value is -1.94. The largest absolute Gasteiger partial charge is 0.497 e. The van der Waals surface area contributed by atoms with Crippen LogP contribution >= 0.6 is 11.6 Å². The number of anilines is 1. The van der Waals surface area contributed by atoms with Crippen LogP contribution < -0.4 is 14.8 Å². The number of hydrogen-bond acceptors (Lipinski definition) is 4. The van der Waals surface area contributed by atoms with Crippen LogP contribution in [0.15, 0.2) is 30.3 Å². The van der Waals surface area contributed by atoms with E-state index in [1.165, 1.54) is 0 Å². The van der Waals surface area contributed by atoms with Crippen molar-refractivity contribution in [2.45, 2.75) is 13.5 Å². The van der Waals surface area contributed by atoms with Crippen LogP contribution in [-0.2, 0) is 6.54 Å². The highest BCUT2D eigenvalue weighted by molar-refractivity contribution is 6.29. The Balaban J connectivity index is 2.14. The van der Waals surface area contributed by atoms with Crippen molar-refractivity contribution in [3.05, 3.63) is 46.7 Å². The van der Waals surface area contributed by atoms with Crippen molar-refractivity contribution in [1.29, 1.82) is 0 Å². The van der Waals surface area contributed by atoms with Crippen molar-refractivity contribution in [3.63, 3.8) is 0 Å². The van der Waals surface area contributed by atoms with E-state index in [0.29, 0.717) is 11.7 Å². The van der Waals surface area contributed by atoms with Gasteiger partial charge >= 0.3 is 0 Å². The number of methoxy groups -OCH3 is 2. The quantitative estimate of drug-likeness (QED) is 0.854. The summed E-state index contributed by atoms with van der Waals surface area (Å²) in [4.78, 5) is 4.21. The van der Waals surface area contributed by atoms with E-state index in [-0.39, 0.29) is 0 Å². The Morgan fingerprint density at radius 2 is 1.95 bits per heavy atom. The molecule has 0 fully saturated rings. The predicted octanol–water partition coefficient (Wildman–Crippen LogP) is 3.67. The minimum atomic E-state index is 0.495. The molecule has 2 rings (SSSR count). The minimum Gasteiger partial charge on any atom is -0.497 e. The number of nitrogens with one attached hydrogen (secondary N) is 1. The maximum Gasteiger partial charge on any atom is 0.129 e. The molecule has 0 saturated carbocycles. The molecule has 0 atom stereocenters. The number of hydrogen-bond donors (Lipinski definition) is 1. The molecule has 1 heterocycles. The molecule has 0 saturated heterocycles. The van der Waals surface area contributed by atoms with Crippen LogP contribution in [0.1, 0.15) is 11.3 Å². The highest BCUT2D eigenvalue weighted by atomic mass is 35.5. The Morgan fingerprint density at radius 3 is 2.60 bits per heavy atom. The Labute approximate surface area is 123 Å². The van der Waals surface area contributed by atoms with E-state index < -0.39 is 0 Å². The van der Waals surface area contributed by atoms with Gasteiger partial charge in [-0.25, -0.2) is 4.98 Å². The first-order chi connectivity index (χ1) is 9.63. The second kappa shape index (κ2) is 6.48. The highest BCUT2D eigenvalue weighted by Crippen LogP contribution is 2.26. The van der Waals surface area contributed by atoms with Crippen molar-refractivity contribution in [2.24, 2.45) is 0 Å². The molecule has 0 spiro atoms. The maximum atomic E-state index is 5.84. The van der Waals surface area contributed by atoms with Crippen LogP contribution in [-0.4, -0.2) is 19.2 Å². The highest BCUT2D eigenvalue weighted by Gasteiger charge is 2.06. The van der Waals surface area contributed by atoms with Crippen LogP contribution in [0.3, 0.4) is 0 Å². The van der Waals surface area contributed by atoms with Crippen LogP contribution in [0.5, 0.6) is 11.5 Å². The third-order valence-electron chi connectivity index (χ3n) is 3.02. The fourth-order valence-electron chi connectivity index (χ4n) is 1.91. The number of rotatable bonds is 5. The van der Waals surface area contributed by atoms with Gasteiger partial charge in [0.25, 0.3) is 0 Å². The fraction of sp³-hybridized carbons (Fsp3) is 0.267. The minimum absolute atomic E-state index is 0.495. The summed E-state index contributed by atoms with van der Waals surface area (Å²) in [7, 11) is 3.28. The number of nitrogens with zero attached hydrogens (tertiary/aromatic N) is 1. The van der Waals surface area contributed by atoms with Gasteiger partial charge in [-0.15, -0.1) is 0 Å². The number of aryl methyl sites for hydroxylation is 1. The molecule has 20 heavy (non-hydrogen) atoms. The lowest BCUT2D eigenvalue weighted by molar-refractivity contribution is 0.391. The molecule has 1 aromatic carbocycles. The van der Waals surface area contributed by atoms with Gasteiger partial charge in [0.15, 0.2) is 0 Å². The zero-order valence-corrected chi connectivity index (χ0v) is 12.5. The van der Waals surface area contributed by atoms with E-state index in [4.69, 9.17) is 21.1 Å². The van der Waals surface area contributed by atoms with Gasteiger partial charge in [-0.1, -0.05) is 11.6 Å². The van der Waals surface area contributed by atoms with E-state index >= 15 is 0 Å². The van der Waals surface area contributed by atoms with Gasteiger partial charge < -0.3 is 14.8 Å². The topological polar surface area (TPSA) is 43.4 Å². The summed E-state index contributed by atoms with van der Waals surface area (Å²) in [6, 6.07) is 9.43. The first-order valence-corrected chi connectivity index (χ1v) is 6.59. The van der Waals surface area contributed by atoms with Crippen LogP contribution in [0.4, 0.5) is 5.69 Å². The molecule has 0 aliphatic rings. The number of ether oxygens (including phenoxy) is 2. The first kappa shape index (κ1) is 14.5. The second-order valence-corrected chi connectivity index (χ2v) is 4.69. The van der Waals surface area contributed by atoms with Crippen LogP contribution in [0.2, 0.25) is 5.15 Å². The molecule has 0 bridgehead atoms. The van der Waals surface area contributed by atoms with Crippen LogP contribution in [0.25, 0.3) is 0 Å². The normalized spacial score (nSPS) is 10.2. The summed E-state index contributed by atoms with van der Waals surface area (Å²) in [6.45, 7) is 2.55. The lowest BCUT2D eigenvalue weighted by Crippen LogP contribution is -2.04. The van der Waals surface area contributed by atoms with Gasteiger partial charge in [0.2, 0.25) is 0 Å². The van der Waals surface area contributed by atoms with Crippen LogP contribution in [0, 0.1) is 6.92 Å². The molecule has 2 aromatic rings. The van der Waals surface area contributed by atoms with E-state index in [2.05, 4.69) is 10.3 Å². The van der Waals surface area contributed by atoms with E-state index in [1.807, 2.05) is 31.2 Å². The Bertz CT molecular complexity index is 602. The Kier molecular flexibility index (Phi) is 4.69. The molecule has 0 aliphatic carbocycles. The van der Waals surface area contributed by atoms with Crippen molar-refractivity contribution in [2.75, 3.05) is 19.5 Å². The molecule has 106 valence electrons. The number of halogens is 1. The standard InChI is InChI=1S/C15H17ClN2O2/c1-10-13(6-7-15(16)18-10)17-9-11-4-5-12(19-2)8-14(11)20-3/h4-8,17H,9H2,1-3H3.